The van der Waals surface area contributed by atoms with Crippen LogP contribution in [0.15, 0.2) is 12.3 Å². The van der Waals surface area contributed by atoms with Crippen LogP contribution in [-0.2, 0) is 0 Å². The molecule has 0 saturated carbocycles. The summed E-state index contributed by atoms with van der Waals surface area (Å²) in [5.41, 5.74) is -0.906. The van der Waals surface area contributed by atoms with E-state index in [1.807, 2.05) is 0 Å². The molecular formula is C15H17ClF6N2O2. The molecule has 0 radical (unpaired) electrons. The second-order valence-corrected chi connectivity index (χ2v) is 7.16. The molecular weight excluding hydrogens is 390 g/mol. The van der Waals surface area contributed by atoms with E-state index in [2.05, 4.69) is 9.72 Å². The van der Waals surface area contributed by atoms with E-state index in [9.17, 15) is 31.1 Å². The number of aromatic nitrogens is 1. The molecule has 1 heterocycles. The predicted molar refractivity (Wildman–Crippen MR) is 82.2 cm³/mol. The van der Waals surface area contributed by atoms with Crippen LogP contribution in [0.2, 0.25) is 5.02 Å². The quantitative estimate of drug-likeness (QED) is 0.664. The lowest BCUT2D eigenvalue weighted by molar-refractivity contribution is -0.154. The number of carbonyl (C=O) groups is 1. The molecule has 0 aliphatic rings. The first-order valence-electron chi connectivity index (χ1n) is 7.28. The Morgan fingerprint density at radius 2 is 1.69 bits per heavy atom. The lowest BCUT2D eigenvalue weighted by atomic mass is 9.95. The summed E-state index contributed by atoms with van der Waals surface area (Å²) in [7, 11) is 0. The molecule has 0 aromatic carbocycles. The van der Waals surface area contributed by atoms with Gasteiger partial charge in [0, 0.05) is 12.7 Å². The Labute approximate surface area is 151 Å². The second kappa shape index (κ2) is 7.89. The van der Waals surface area contributed by atoms with Crippen LogP contribution >= 0.6 is 11.6 Å². The van der Waals surface area contributed by atoms with Gasteiger partial charge in [0.1, 0.15) is 11.6 Å². The van der Waals surface area contributed by atoms with Gasteiger partial charge in [0.15, 0.2) is 6.61 Å². The first kappa shape index (κ1) is 22.3. The van der Waals surface area contributed by atoms with Crippen LogP contribution in [0, 0.1) is 5.41 Å². The average molecular weight is 407 g/mol. The number of hydrogen-bond donors (Lipinski definition) is 0. The standard InChI is InChI=1S/C15H17ClF6N2O2/c1-13(2,3)6-24(7-14(17,18)19)12(25)9-4-10(16)11(23-5-9)26-8-15(20,21)22/h4-5H,6-8H2,1-3H3. The van der Waals surface area contributed by atoms with Crippen molar-refractivity contribution in [1.82, 2.24) is 9.88 Å². The average Bonchev–Trinajstić information content (AvgIpc) is 2.40. The molecule has 1 aromatic rings. The highest BCUT2D eigenvalue weighted by Crippen LogP contribution is 2.27. The Bertz CT molecular complexity index is 624. The summed E-state index contributed by atoms with van der Waals surface area (Å²) in [6.07, 6.45) is -8.41. The zero-order chi connectivity index (χ0) is 20.3. The molecule has 0 saturated heterocycles. The number of alkyl halides is 6. The lowest BCUT2D eigenvalue weighted by Crippen LogP contribution is -2.43. The summed E-state index contributed by atoms with van der Waals surface area (Å²) in [5, 5.41) is -0.414. The number of rotatable bonds is 5. The van der Waals surface area contributed by atoms with E-state index in [0.29, 0.717) is 4.90 Å². The van der Waals surface area contributed by atoms with Crippen LogP contribution in [0.3, 0.4) is 0 Å². The minimum absolute atomic E-state index is 0.199. The van der Waals surface area contributed by atoms with Crippen molar-refractivity contribution in [1.29, 1.82) is 0 Å². The van der Waals surface area contributed by atoms with Crippen molar-refractivity contribution in [3.8, 4) is 5.88 Å². The van der Waals surface area contributed by atoms with Crippen LogP contribution < -0.4 is 4.74 Å². The number of nitrogens with zero attached hydrogens (tertiary/aromatic N) is 2. The first-order chi connectivity index (χ1) is 11.6. The van der Waals surface area contributed by atoms with Crippen molar-refractivity contribution in [3.63, 3.8) is 0 Å². The zero-order valence-corrected chi connectivity index (χ0v) is 14.9. The smallest absolute Gasteiger partial charge is 0.422 e. The van der Waals surface area contributed by atoms with Crippen molar-refractivity contribution in [2.45, 2.75) is 33.1 Å². The number of halogens is 7. The highest BCUT2D eigenvalue weighted by molar-refractivity contribution is 6.32. The van der Waals surface area contributed by atoms with Gasteiger partial charge in [-0.3, -0.25) is 4.79 Å². The highest BCUT2D eigenvalue weighted by Gasteiger charge is 2.35. The molecule has 0 aliphatic carbocycles. The summed E-state index contributed by atoms with van der Waals surface area (Å²) in [6.45, 7) is 1.65. The normalized spacial score (nSPS) is 12.8. The fourth-order valence-corrected chi connectivity index (χ4v) is 2.19. The van der Waals surface area contributed by atoms with E-state index >= 15 is 0 Å². The second-order valence-electron chi connectivity index (χ2n) is 6.75. The maximum absolute atomic E-state index is 12.8. The molecule has 11 heteroatoms. The molecule has 0 aliphatic heterocycles. The van der Waals surface area contributed by atoms with Crippen LogP contribution in [-0.4, -0.2) is 47.8 Å². The van der Waals surface area contributed by atoms with E-state index < -0.39 is 47.7 Å². The largest absolute Gasteiger partial charge is 0.467 e. The maximum atomic E-state index is 12.8. The summed E-state index contributed by atoms with van der Waals surface area (Å²) in [5.74, 6) is -1.56. The fourth-order valence-electron chi connectivity index (χ4n) is 1.97. The third kappa shape index (κ3) is 8.11. The summed E-state index contributed by atoms with van der Waals surface area (Å²) in [6, 6.07) is 0.925. The topological polar surface area (TPSA) is 42.4 Å². The van der Waals surface area contributed by atoms with Crippen LogP contribution in [0.4, 0.5) is 26.3 Å². The Balaban J connectivity index is 3.02. The third-order valence-electron chi connectivity index (χ3n) is 2.75. The Morgan fingerprint density at radius 3 is 2.12 bits per heavy atom. The number of hydrogen-bond acceptors (Lipinski definition) is 3. The Kier molecular flexibility index (Phi) is 6.78. The van der Waals surface area contributed by atoms with E-state index in [1.165, 1.54) is 0 Å². The number of pyridine rings is 1. The van der Waals surface area contributed by atoms with Crippen molar-refractivity contribution in [2.75, 3.05) is 19.7 Å². The number of carbonyl (C=O) groups excluding carboxylic acids is 1. The molecule has 0 N–H and O–H groups in total. The molecule has 0 spiro atoms. The Morgan fingerprint density at radius 1 is 1.12 bits per heavy atom. The van der Waals surface area contributed by atoms with E-state index in [0.717, 1.165) is 12.3 Å². The minimum Gasteiger partial charge on any atom is -0.467 e. The molecule has 0 atom stereocenters. The monoisotopic (exact) mass is 406 g/mol. The minimum atomic E-state index is -4.62. The van der Waals surface area contributed by atoms with Crippen molar-refractivity contribution in [2.24, 2.45) is 5.41 Å². The third-order valence-corrected chi connectivity index (χ3v) is 3.02. The lowest BCUT2D eigenvalue weighted by Gasteiger charge is -2.30. The summed E-state index contributed by atoms with van der Waals surface area (Å²) in [4.78, 5) is 16.5. The van der Waals surface area contributed by atoms with Gasteiger partial charge in [-0.2, -0.15) is 26.3 Å². The molecule has 0 fully saturated rings. The fraction of sp³-hybridized carbons (Fsp3) is 0.600. The first-order valence-corrected chi connectivity index (χ1v) is 7.66. The van der Waals surface area contributed by atoms with Gasteiger partial charge in [0.2, 0.25) is 5.88 Å². The van der Waals surface area contributed by atoms with Gasteiger partial charge >= 0.3 is 12.4 Å². The van der Waals surface area contributed by atoms with E-state index in [4.69, 9.17) is 11.6 Å². The number of amides is 1. The van der Waals surface area contributed by atoms with Crippen molar-refractivity contribution in [3.05, 3.63) is 22.8 Å². The van der Waals surface area contributed by atoms with Crippen LogP contribution in [0.25, 0.3) is 0 Å². The molecule has 0 unspecified atom stereocenters. The van der Waals surface area contributed by atoms with Crippen molar-refractivity contribution < 1.29 is 35.9 Å². The zero-order valence-electron chi connectivity index (χ0n) is 14.1. The molecule has 4 nitrogen and oxygen atoms in total. The molecule has 1 aromatic heterocycles. The molecule has 26 heavy (non-hydrogen) atoms. The van der Waals surface area contributed by atoms with Gasteiger partial charge in [-0.1, -0.05) is 32.4 Å². The maximum Gasteiger partial charge on any atom is 0.422 e. The van der Waals surface area contributed by atoms with Gasteiger partial charge in [-0.15, -0.1) is 0 Å². The van der Waals surface area contributed by atoms with E-state index in [1.54, 1.807) is 20.8 Å². The predicted octanol–water partition coefficient (Wildman–Crippen LogP) is 4.73. The Hall–Kier alpha value is -1.71. The van der Waals surface area contributed by atoms with Gasteiger partial charge in [-0.05, 0) is 11.5 Å². The summed E-state index contributed by atoms with van der Waals surface area (Å²) < 4.78 is 79.1. The van der Waals surface area contributed by atoms with Gasteiger partial charge < -0.3 is 9.64 Å². The SMILES string of the molecule is CC(C)(C)CN(CC(F)(F)F)C(=O)c1cnc(OCC(F)(F)F)c(Cl)c1. The molecule has 0 bridgehead atoms. The van der Waals surface area contributed by atoms with E-state index in [-0.39, 0.29) is 12.1 Å². The molecule has 1 rings (SSSR count). The highest BCUT2D eigenvalue weighted by atomic mass is 35.5. The van der Waals surface area contributed by atoms with Gasteiger partial charge in [0.05, 0.1) is 5.56 Å². The molecule has 1 amide bonds. The van der Waals surface area contributed by atoms with Crippen molar-refractivity contribution >= 4 is 17.5 Å². The summed E-state index contributed by atoms with van der Waals surface area (Å²) >= 11 is 5.73. The van der Waals surface area contributed by atoms with Crippen LogP contribution in [0.5, 0.6) is 5.88 Å². The van der Waals surface area contributed by atoms with Gasteiger partial charge in [0.25, 0.3) is 5.91 Å². The van der Waals surface area contributed by atoms with Gasteiger partial charge in [-0.25, -0.2) is 4.98 Å². The van der Waals surface area contributed by atoms with Crippen LogP contribution in [0.1, 0.15) is 31.1 Å². The molecule has 148 valence electrons. The number of ether oxygens (including phenoxy) is 1.